The lowest BCUT2D eigenvalue weighted by molar-refractivity contribution is 0.0383. The molecule has 3 heterocycles. The van der Waals surface area contributed by atoms with Crippen molar-refractivity contribution in [1.82, 2.24) is 19.8 Å². The summed E-state index contributed by atoms with van der Waals surface area (Å²) in [5.41, 5.74) is 3.36. The number of amides is 1. The van der Waals surface area contributed by atoms with Crippen LogP contribution in [0.1, 0.15) is 21.5 Å². The molecule has 10 nitrogen and oxygen atoms in total. The number of nitrogens with one attached hydrogen (secondary N) is 2. The average molecular weight is 527 g/mol. The molecule has 39 heavy (non-hydrogen) atoms. The summed E-state index contributed by atoms with van der Waals surface area (Å²) in [5.74, 6) is 1.22. The van der Waals surface area contributed by atoms with Crippen LogP contribution in [0.15, 0.2) is 67.0 Å². The third kappa shape index (κ3) is 6.18. The van der Waals surface area contributed by atoms with Gasteiger partial charge in [-0.2, -0.15) is 10.4 Å². The van der Waals surface area contributed by atoms with Crippen molar-refractivity contribution >= 4 is 22.8 Å². The Balaban J connectivity index is 1.39. The van der Waals surface area contributed by atoms with Crippen LogP contribution in [0.4, 0.5) is 11.4 Å². The van der Waals surface area contributed by atoms with Gasteiger partial charge >= 0.3 is 0 Å². The molecule has 1 saturated heterocycles. The predicted molar refractivity (Wildman–Crippen MR) is 146 cm³/mol. The topological polar surface area (TPSA) is 113 Å². The number of rotatable bonds is 10. The van der Waals surface area contributed by atoms with E-state index < -0.39 is 0 Å². The average Bonchev–Trinajstić information content (AvgIpc) is 3.34. The molecule has 200 valence electrons. The highest BCUT2D eigenvalue weighted by Crippen LogP contribution is 2.32. The molecule has 2 aromatic carbocycles. The third-order valence-corrected chi connectivity index (χ3v) is 6.48. The van der Waals surface area contributed by atoms with E-state index in [1.165, 1.54) is 6.20 Å². The number of methoxy groups -OCH3 is 1. The standard InChI is InChI=1S/C29H30N6O4/c1-37-20-26-25(29(36)31-11-12-34-13-15-38-16-14-34)19-35-28(26)27(21(17-30)18-32-35)33-22-7-9-24(10-8-22)39-23-5-3-2-4-6-23/h2-10,18-19,33H,11-16,20H2,1H3,(H,31,36). The van der Waals surface area contributed by atoms with E-state index in [9.17, 15) is 10.1 Å². The zero-order valence-corrected chi connectivity index (χ0v) is 21.7. The van der Waals surface area contributed by atoms with Crippen LogP contribution >= 0.6 is 0 Å². The summed E-state index contributed by atoms with van der Waals surface area (Å²) in [6.45, 7) is 4.57. The number of aromatic nitrogens is 2. The zero-order valence-electron chi connectivity index (χ0n) is 21.7. The van der Waals surface area contributed by atoms with E-state index in [4.69, 9.17) is 14.2 Å². The van der Waals surface area contributed by atoms with Gasteiger partial charge in [-0.1, -0.05) is 18.2 Å². The summed E-state index contributed by atoms with van der Waals surface area (Å²) in [6.07, 6.45) is 3.16. The molecule has 1 aliphatic heterocycles. The van der Waals surface area contributed by atoms with Crippen molar-refractivity contribution < 1.29 is 19.0 Å². The fraction of sp³-hybridized carbons (Fsp3) is 0.276. The molecule has 1 aliphatic rings. The van der Waals surface area contributed by atoms with Crippen LogP contribution in [0.3, 0.4) is 0 Å². The molecule has 5 rings (SSSR count). The van der Waals surface area contributed by atoms with Crippen LogP contribution in [-0.4, -0.2) is 66.9 Å². The SMILES string of the molecule is COCc1c(C(=O)NCCN2CCOCC2)cn2ncc(C#N)c(Nc3ccc(Oc4ccccc4)cc3)c12. The lowest BCUT2D eigenvalue weighted by Crippen LogP contribution is -2.41. The van der Waals surface area contributed by atoms with Crippen molar-refractivity contribution in [3.05, 3.63) is 83.7 Å². The number of hydrogen-bond acceptors (Lipinski definition) is 8. The molecule has 0 aliphatic carbocycles. The van der Waals surface area contributed by atoms with Gasteiger partial charge in [-0.3, -0.25) is 9.69 Å². The van der Waals surface area contributed by atoms with Crippen LogP contribution < -0.4 is 15.4 Å². The Morgan fingerprint density at radius 2 is 1.85 bits per heavy atom. The van der Waals surface area contributed by atoms with Gasteiger partial charge in [0.2, 0.25) is 0 Å². The van der Waals surface area contributed by atoms with E-state index >= 15 is 0 Å². The minimum Gasteiger partial charge on any atom is -0.457 e. The molecule has 1 fully saturated rings. The van der Waals surface area contributed by atoms with E-state index in [0.717, 1.165) is 31.1 Å². The van der Waals surface area contributed by atoms with E-state index in [0.29, 0.717) is 53.4 Å². The van der Waals surface area contributed by atoms with Gasteiger partial charge in [0.25, 0.3) is 5.91 Å². The molecule has 0 bridgehead atoms. The number of morpholine rings is 1. The molecule has 1 amide bonds. The van der Waals surface area contributed by atoms with Crippen molar-refractivity contribution in [3.8, 4) is 17.6 Å². The molecule has 0 radical (unpaired) electrons. The minimum absolute atomic E-state index is 0.178. The smallest absolute Gasteiger partial charge is 0.253 e. The van der Waals surface area contributed by atoms with Gasteiger partial charge < -0.3 is 24.8 Å². The van der Waals surface area contributed by atoms with E-state index in [1.807, 2.05) is 54.6 Å². The maximum absolute atomic E-state index is 13.2. The lowest BCUT2D eigenvalue weighted by atomic mass is 10.1. The number of benzene rings is 2. The molecule has 10 heteroatoms. The molecule has 0 unspecified atom stereocenters. The van der Waals surface area contributed by atoms with Gasteiger partial charge in [-0.15, -0.1) is 0 Å². The predicted octanol–water partition coefficient (Wildman–Crippen LogP) is 3.95. The first kappa shape index (κ1) is 26.2. The lowest BCUT2D eigenvalue weighted by Gasteiger charge is -2.26. The first-order chi connectivity index (χ1) is 19.2. The molecule has 0 saturated carbocycles. The monoisotopic (exact) mass is 526 g/mol. The summed E-state index contributed by atoms with van der Waals surface area (Å²) in [6, 6.07) is 19.2. The van der Waals surface area contributed by atoms with Crippen molar-refractivity contribution in [2.45, 2.75) is 6.61 Å². The molecular formula is C29H30N6O4. The largest absolute Gasteiger partial charge is 0.457 e. The van der Waals surface area contributed by atoms with E-state index in [2.05, 4.69) is 26.7 Å². The summed E-state index contributed by atoms with van der Waals surface area (Å²) in [5, 5.41) is 20.6. The van der Waals surface area contributed by atoms with Gasteiger partial charge in [-0.25, -0.2) is 4.52 Å². The highest BCUT2D eigenvalue weighted by atomic mass is 16.5. The first-order valence-electron chi connectivity index (χ1n) is 12.8. The van der Waals surface area contributed by atoms with Crippen molar-refractivity contribution in [2.24, 2.45) is 0 Å². The fourth-order valence-electron chi connectivity index (χ4n) is 4.52. The third-order valence-electron chi connectivity index (χ3n) is 6.48. The number of anilines is 2. The molecule has 0 atom stereocenters. The second-order valence-electron chi connectivity index (χ2n) is 9.07. The summed E-state index contributed by atoms with van der Waals surface area (Å²) in [4.78, 5) is 15.5. The van der Waals surface area contributed by atoms with Gasteiger partial charge in [0.15, 0.2) is 0 Å². The van der Waals surface area contributed by atoms with Crippen LogP contribution in [0.25, 0.3) is 5.52 Å². The number of carbonyl (C=O) groups is 1. The zero-order chi connectivity index (χ0) is 27.0. The van der Waals surface area contributed by atoms with E-state index in [-0.39, 0.29) is 12.5 Å². The van der Waals surface area contributed by atoms with Crippen LogP contribution in [0.5, 0.6) is 11.5 Å². The van der Waals surface area contributed by atoms with Crippen molar-refractivity contribution in [1.29, 1.82) is 5.26 Å². The fourth-order valence-corrected chi connectivity index (χ4v) is 4.52. The molecule has 0 spiro atoms. The number of hydrogen-bond donors (Lipinski definition) is 2. The van der Waals surface area contributed by atoms with Crippen molar-refractivity contribution in [2.75, 3.05) is 51.8 Å². The minimum atomic E-state index is -0.215. The van der Waals surface area contributed by atoms with Gasteiger partial charge in [0, 0.05) is 50.7 Å². The van der Waals surface area contributed by atoms with Crippen LogP contribution in [-0.2, 0) is 16.1 Å². The number of nitrogens with zero attached hydrogens (tertiary/aromatic N) is 4. The molecular weight excluding hydrogens is 496 g/mol. The number of nitriles is 1. The summed E-state index contributed by atoms with van der Waals surface area (Å²) >= 11 is 0. The number of fused-ring (bicyclic) bond motifs is 1. The summed E-state index contributed by atoms with van der Waals surface area (Å²) < 4.78 is 18.4. The van der Waals surface area contributed by atoms with Crippen LogP contribution in [0, 0.1) is 11.3 Å². The Hall–Kier alpha value is -4.43. The number of para-hydroxylation sites is 1. The molecule has 2 N–H and O–H groups in total. The summed E-state index contributed by atoms with van der Waals surface area (Å²) in [7, 11) is 1.57. The van der Waals surface area contributed by atoms with Gasteiger partial charge in [0.05, 0.1) is 48.3 Å². The Bertz CT molecular complexity index is 1460. The number of carbonyl (C=O) groups excluding carboxylic acids is 1. The Labute approximate surface area is 226 Å². The highest BCUT2D eigenvalue weighted by Gasteiger charge is 2.22. The van der Waals surface area contributed by atoms with Gasteiger partial charge in [0.1, 0.15) is 17.6 Å². The van der Waals surface area contributed by atoms with E-state index in [1.54, 1.807) is 17.8 Å². The quantitative estimate of drug-likeness (QED) is 0.319. The van der Waals surface area contributed by atoms with Crippen LogP contribution in [0.2, 0.25) is 0 Å². The Kier molecular flexibility index (Phi) is 8.33. The molecule has 2 aromatic heterocycles. The first-order valence-corrected chi connectivity index (χ1v) is 12.8. The number of ether oxygens (including phenoxy) is 3. The highest BCUT2D eigenvalue weighted by molar-refractivity contribution is 6.00. The Morgan fingerprint density at radius 1 is 1.10 bits per heavy atom. The van der Waals surface area contributed by atoms with Gasteiger partial charge in [-0.05, 0) is 36.4 Å². The molecule has 4 aromatic rings. The second kappa shape index (κ2) is 12.4. The Morgan fingerprint density at radius 3 is 2.56 bits per heavy atom. The maximum Gasteiger partial charge on any atom is 0.253 e. The normalized spacial score (nSPS) is 13.6. The maximum atomic E-state index is 13.2. The van der Waals surface area contributed by atoms with Crippen molar-refractivity contribution in [3.63, 3.8) is 0 Å². The second-order valence-corrected chi connectivity index (χ2v) is 9.07.